The summed E-state index contributed by atoms with van der Waals surface area (Å²) in [5, 5.41) is 17.1. The molecule has 1 aliphatic carbocycles. The highest BCUT2D eigenvalue weighted by Crippen LogP contribution is 2.32. The lowest BCUT2D eigenvalue weighted by Crippen LogP contribution is -2.52. The topological polar surface area (TPSA) is 77.0 Å². The van der Waals surface area contributed by atoms with Gasteiger partial charge in [0.25, 0.3) is 0 Å². The van der Waals surface area contributed by atoms with Crippen LogP contribution in [-0.2, 0) is 4.79 Å². The second-order valence-electron chi connectivity index (χ2n) is 6.97. The number of aliphatic imine (C=N–C) groups is 1. The maximum atomic E-state index is 12.1. The average Bonchev–Trinajstić information content (AvgIpc) is 3.33. The van der Waals surface area contributed by atoms with Crippen LogP contribution in [0.3, 0.4) is 0 Å². The minimum absolute atomic E-state index is 0. The molecule has 1 atom stereocenters. The Kier molecular flexibility index (Phi) is 7.48. The van der Waals surface area contributed by atoms with E-state index in [-0.39, 0.29) is 24.0 Å². The molecule has 0 aromatic heterocycles. The molecule has 8 heteroatoms. The summed E-state index contributed by atoms with van der Waals surface area (Å²) in [6, 6.07) is 0.344. The van der Waals surface area contributed by atoms with Gasteiger partial charge in [0.2, 0.25) is 5.91 Å². The summed E-state index contributed by atoms with van der Waals surface area (Å²) in [4.78, 5) is 18.4. The van der Waals surface area contributed by atoms with Crippen LogP contribution in [0, 0.1) is 5.92 Å². The number of nitrogens with zero attached hydrogens (tertiary/aromatic N) is 2. The first-order valence-corrected chi connectivity index (χ1v) is 9.81. The van der Waals surface area contributed by atoms with E-state index in [1.807, 2.05) is 4.90 Å². The van der Waals surface area contributed by atoms with Crippen molar-refractivity contribution in [3.63, 3.8) is 0 Å². The molecule has 0 bridgehead atoms. The summed E-state index contributed by atoms with van der Waals surface area (Å²) in [5.74, 6) is 3.24. The Morgan fingerprint density at radius 3 is 2.58 bits per heavy atom. The van der Waals surface area contributed by atoms with Gasteiger partial charge in [0, 0.05) is 44.4 Å². The molecule has 0 spiro atoms. The molecule has 2 saturated heterocycles. The third-order valence-electron chi connectivity index (χ3n) is 4.97. The van der Waals surface area contributed by atoms with Crippen molar-refractivity contribution in [1.29, 1.82) is 0 Å². The zero-order chi connectivity index (χ0) is 16.3. The molecule has 2 heterocycles. The highest BCUT2D eigenvalue weighted by molar-refractivity contribution is 14.0. The first-order valence-electron chi connectivity index (χ1n) is 8.66. The molecule has 1 unspecified atom stereocenters. The van der Waals surface area contributed by atoms with Gasteiger partial charge in [0.15, 0.2) is 5.96 Å². The molecule has 1 saturated carbocycles. The van der Waals surface area contributed by atoms with Crippen LogP contribution < -0.4 is 10.6 Å². The molecule has 0 radical (unpaired) electrons. The molecule has 2 aliphatic heterocycles. The van der Waals surface area contributed by atoms with E-state index < -0.39 is 5.60 Å². The number of amides is 1. The number of carbonyl (C=O) groups excluding carboxylic acids is 1. The smallest absolute Gasteiger partial charge is 0.225 e. The standard InChI is InChI=1S/C16H28N4O2S.HI/c1-17-15(18-10-16(22)6-9-23-11-16)19-13-4-7-20(8-5-13)14(21)12-2-3-12;/h12-13,22H,2-11H2,1H3,(H2,17,18,19);1H. The highest BCUT2D eigenvalue weighted by atomic mass is 127. The molecule has 24 heavy (non-hydrogen) atoms. The van der Waals surface area contributed by atoms with Crippen LogP contribution in [0.4, 0.5) is 0 Å². The lowest BCUT2D eigenvalue weighted by molar-refractivity contribution is -0.133. The second kappa shape index (κ2) is 8.93. The summed E-state index contributed by atoms with van der Waals surface area (Å²) in [6.07, 6.45) is 4.91. The van der Waals surface area contributed by atoms with Gasteiger partial charge in [0.1, 0.15) is 0 Å². The molecule has 0 aromatic rings. The Morgan fingerprint density at radius 1 is 1.33 bits per heavy atom. The van der Waals surface area contributed by atoms with Gasteiger partial charge < -0.3 is 20.6 Å². The average molecular weight is 468 g/mol. The number of guanidine groups is 1. The zero-order valence-corrected chi connectivity index (χ0v) is 17.4. The fourth-order valence-corrected chi connectivity index (χ4v) is 4.50. The molecule has 3 N–H and O–H groups in total. The Hall–Kier alpha value is -0.220. The highest BCUT2D eigenvalue weighted by Gasteiger charge is 2.35. The largest absolute Gasteiger partial charge is 0.387 e. The van der Waals surface area contributed by atoms with E-state index in [0.29, 0.717) is 24.4 Å². The summed E-state index contributed by atoms with van der Waals surface area (Å²) < 4.78 is 0. The fourth-order valence-electron chi connectivity index (χ4n) is 3.20. The van der Waals surface area contributed by atoms with Crippen LogP contribution in [0.1, 0.15) is 32.1 Å². The van der Waals surface area contributed by atoms with Gasteiger partial charge in [-0.2, -0.15) is 11.8 Å². The number of carbonyl (C=O) groups is 1. The molecular weight excluding hydrogens is 439 g/mol. The first kappa shape index (κ1) is 20.1. The first-order chi connectivity index (χ1) is 11.1. The van der Waals surface area contributed by atoms with Crippen molar-refractivity contribution < 1.29 is 9.90 Å². The number of piperidine rings is 1. The van der Waals surface area contributed by atoms with E-state index in [0.717, 1.165) is 62.7 Å². The lowest BCUT2D eigenvalue weighted by atomic mass is 10.0. The molecule has 0 aromatic carbocycles. The van der Waals surface area contributed by atoms with Gasteiger partial charge in [-0.15, -0.1) is 24.0 Å². The van der Waals surface area contributed by atoms with Crippen LogP contribution in [0.15, 0.2) is 4.99 Å². The summed E-state index contributed by atoms with van der Waals surface area (Å²) in [7, 11) is 1.76. The molecule has 3 rings (SSSR count). The van der Waals surface area contributed by atoms with Crippen molar-refractivity contribution in [2.75, 3.05) is 38.2 Å². The predicted molar refractivity (Wildman–Crippen MR) is 109 cm³/mol. The Morgan fingerprint density at radius 2 is 2.04 bits per heavy atom. The van der Waals surface area contributed by atoms with E-state index in [2.05, 4.69) is 15.6 Å². The van der Waals surface area contributed by atoms with E-state index in [9.17, 15) is 9.90 Å². The van der Waals surface area contributed by atoms with Gasteiger partial charge in [-0.25, -0.2) is 0 Å². The molecule has 138 valence electrons. The quantitative estimate of drug-likeness (QED) is 0.327. The maximum Gasteiger partial charge on any atom is 0.225 e. The van der Waals surface area contributed by atoms with E-state index in [1.165, 1.54) is 0 Å². The lowest BCUT2D eigenvalue weighted by Gasteiger charge is -2.33. The molecule has 1 amide bonds. The number of likely N-dealkylation sites (tertiary alicyclic amines) is 1. The van der Waals surface area contributed by atoms with Crippen LogP contribution in [0.5, 0.6) is 0 Å². The normalized spacial score (nSPS) is 28.4. The molecular formula is C16H29IN4O2S. The summed E-state index contributed by atoms with van der Waals surface area (Å²) in [6.45, 7) is 2.22. The number of nitrogens with one attached hydrogen (secondary N) is 2. The third-order valence-corrected chi connectivity index (χ3v) is 6.20. The van der Waals surface area contributed by atoms with Crippen LogP contribution in [0.2, 0.25) is 0 Å². The second-order valence-corrected chi connectivity index (χ2v) is 8.08. The molecule has 3 fully saturated rings. The van der Waals surface area contributed by atoms with Gasteiger partial charge in [-0.05, 0) is 37.9 Å². The van der Waals surface area contributed by atoms with Crippen LogP contribution >= 0.6 is 35.7 Å². The Labute approximate surface area is 165 Å². The monoisotopic (exact) mass is 468 g/mol. The third kappa shape index (κ3) is 5.39. The summed E-state index contributed by atoms with van der Waals surface area (Å²) in [5.41, 5.74) is -0.609. The minimum atomic E-state index is -0.609. The zero-order valence-electron chi connectivity index (χ0n) is 14.3. The summed E-state index contributed by atoms with van der Waals surface area (Å²) >= 11 is 1.80. The van der Waals surface area contributed by atoms with E-state index >= 15 is 0 Å². The maximum absolute atomic E-state index is 12.1. The van der Waals surface area contributed by atoms with Crippen molar-refractivity contribution in [3.05, 3.63) is 0 Å². The Bertz CT molecular complexity index is 459. The molecule has 3 aliphatic rings. The number of aliphatic hydroxyl groups is 1. The predicted octanol–water partition coefficient (Wildman–Crippen LogP) is 1.04. The number of thioether (sulfide) groups is 1. The van der Waals surface area contributed by atoms with Gasteiger partial charge in [-0.3, -0.25) is 9.79 Å². The van der Waals surface area contributed by atoms with Crippen molar-refractivity contribution >= 4 is 47.6 Å². The van der Waals surface area contributed by atoms with Crippen molar-refractivity contribution in [2.45, 2.75) is 43.7 Å². The van der Waals surface area contributed by atoms with Gasteiger partial charge in [-0.1, -0.05) is 0 Å². The van der Waals surface area contributed by atoms with Crippen molar-refractivity contribution in [3.8, 4) is 0 Å². The van der Waals surface area contributed by atoms with Crippen molar-refractivity contribution in [2.24, 2.45) is 10.9 Å². The number of halogens is 1. The van der Waals surface area contributed by atoms with Crippen LogP contribution in [-0.4, -0.2) is 71.7 Å². The number of rotatable bonds is 4. The van der Waals surface area contributed by atoms with Gasteiger partial charge in [0.05, 0.1) is 5.60 Å². The molecule has 6 nitrogen and oxygen atoms in total. The fraction of sp³-hybridized carbons (Fsp3) is 0.875. The van der Waals surface area contributed by atoms with Crippen molar-refractivity contribution in [1.82, 2.24) is 15.5 Å². The van der Waals surface area contributed by atoms with Crippen LogP contribution in [0.25, 0.3) is 0 Å². The number of hydrogen-bond donors (Lipinski definition) is 3. The van der Waals surface area contributed by atoms with E-state index in [4.69, 9.17) is 0 Å². The minimum Gasteiger partial charge on any atom is -0.387 e. The van der Waals surface area contributed by atoms with Gasteiger partial charge >= 0.3 is 0 Å². The SMILES string of the molecule is CN=C(NCC1(O)CCSC1)NC1CCN(C(=O)C2CC2)CC1.I. The van der Waals surface area contributed by atoms with E-state index in [1.54, 1.807) is 18.8 Å². The Balaban J connectivity index is 0.00000208. The number of hydrogen-bond acceptors (Lipinski definition) is 4.